The molecule has 0 bridgehead atoms. The molecule has 0 radical (unpaired) electrons. The molecule has 0 fully saturated rings. The summed E-state index contributed by atoms with van der Waals surface area (Å²) in [7, 11) is 0. The largest absolute Gasteiger partial charge is 0.481 e. The summed E-state index contributed by atoms with van der Waals surface area (Å²) in [4.78, 5) is 33.7. The average Bonchev–Trinajstić information content (AvgIpc) is 2.41. The van der Waals surface area contributed by atoms with Gasteiger partial charge in [0.25, 0.3) is 0 Å². The summed E-state index contributed by atoms with van der Waals surface area (Å²) in [6, 6.07) is 4.22. The minimum atomic E-state index is -0.961. The van der Waals surface area contributed by atoms with Crippen molar-refractivity contribution in [2.24, 2.45) is 0 Å². The summed E-state index contributed by atoms with van der Waals surface area (Å²) < 4.78 is 0. The van der Waals surface area contributed by atoms with Gasteiger partial charge in [-0.2, -0.15) is 0 Å². The van der Waals surface area contributed by atoms with Crippen LogP contribution in [0.15, 0.2) is 36.8 Å². The zero-order valence-corrected chi connectivity index (χ0v) is 10.3. The van der Waals surface area contributed by atoms with Crippen LogP contribution in [0.5, 0.6) is 0 Å². The monoisotopic (exact) mass is 273 g/mol. The van der Waals surface area contributed by atoms with Gasteiger partial charge in [0.05, 0.1) is 24.0 Å². The first-order chi connectivity index (χ1) is 9.63. The molecule has 0 saturated heterocycles. The average molecular weight is 273 g/mol. The maximum Gasteiger partial charge on any atom is 0.326 e. The molecule has 3 N–H and O–H groups in total. The van der Waals surface area contributed by atoms with Crippen LogP contribution in [-0.4, -0.2) is 32.1 Å². The highest BCUT2D eigenvalue weighted by Gasteiger charge is 2.05. The van der Waals surface area contributed by atoms with E-state index in [9.17, 15) is 9.59 Å². The molecular weight excluding hydrogens is 262 g/mol. The van der Waals surface area contributed by atoms with E-state index in [4.69, 9.17) is 5.11 Å². The van der Waals surface area contributed by atoms with Gasteiger partial charge in [0.15, 0.2) is 0 Å². The molecule has 2 amide bonds. The summed E-state index contributed by atoms with van der Waals surface area (Å²) in [6.45, 7) is 0. The Balaban J connectivity index is 1.93. The fourth-order valence-corrected chi connectivity index (χ4v) is 1.39. The maximum absolute atomic E-state index is 11.6. The van der Waals surface area contributed by atoms with Crippen LogP contribution < -0.4 is 10.6 Å². The molecule has 0 aromatic carbocycles. The number of aliphatic carboxylic acids is 1. The second-order valence-electron chi connectivity index (χ2n) is 3.76. The summed E-state index contributed by atoms with van der Waals surface area (Å²) in [5, 5.41) is 13.6. The molecule has 2 rings (SSSR count). The molecule has 0 saturated carbocycles. The van der Waals surface area contributed by atoms with Gasteiger partial charge in [0.2, 0.25) is 5.95 Å². The zero-order valence-electron chi connectivity index (χ0n) is 10.3. The standard InChI is InChI=1S/C12H11N5O3/c18-10(19)6-8-2-3-9(7-15-8)16-12(20)17-11-13-4-1-5-14-11/h1-5,7H,6H2,(H,18,19)(H2,13,14,16,17,20). The van der Waals surface area contributed by atoms with Crippen molar-refractivity contribution in [1.29, 1.82) is 0 Å². The van der Waals surface area contributed by atoms with E-state index in [0.717, 1.165) is 0 Å². The van der Waals surface area contributed by atoms with Crippen molar-refractivity contribution in [3.05, 3.63) is 42.5 Å². The second-order valence-corrected chi connectivity index (χ2v) is 3.76. The van der Waals surface area contributed by atoms with E-state index >= 15 is 0 Å². The van der Waals surface area contributed by atoms with Gasteiger partial charge < -0.3 is 10.4 Å². The van der Waals surface area contributed by atoms with E-state index in [0.29, 0.717) is 11.4 Å². The lowest BCUT2D eigenvalue weighted by Gasteiger charge is -2.06. The number of amides is 2. The van der Waals surface area contributed by atoms with Crippen LogP contribution in [0.3, 0.4) is 0 Å². The molecule has 2 aromatic rings. The zero-order chi connectivity index (χ0) is 14.4. The molecule has 2 aromatic heterocycles. The summed E-state index contributed by atoms with van der Waals surface area (Å²) in [6.07, 6.45) is 4.23. The fraction of sp³-hybridized carbons (Fsp3) is 0.0833. The second kappa shape index (κ2) is 6.23. The van der Waals surface area contributed by atoms with E-state index in [-0.39, 0.29) is 12.4 Å². The number of nitrogens with one attached hydrogen (secondary N) is 2. The first-order valence-electron chi connectivity index (χ1n) is 5.65. The molecule has 0 atom stereocenters. The number of hydrogen-bond acceptors (Lipinski definition) is 5. The van der Waals surface area contributed by atoms with Crippen LogP contribution in [0.2, 0.25) is 0 Å². The predicted molar refractivity (Wildman–Crippen MR) is 70.3 cm³/mol. The third-order valence-corrected chi connectivity index (χ3v) is 2.21. The Kier molecular flexibility index (Phi) is 4.17. The molecule has 0 unspecified atom stereocenters. The predicted octanol–water partition coefficient (Wildman–Crippen LogP) is 1.14. The summed E-state index contributed by atoms with van der Waals surface area (Å²) in [5.41, 5.74) is 0.849. The van der Waals surface area contributed by atoms with E-state index in [1.165, 1.54) is 24.7 Å². The van der Waals surface area contributed by atoms with Gasteiger partial charge in [-0.15, -0.1) is 0 Å². The third kappa shape index (κ3) is 4.02. The SMILES string of the molecule is O=C(O)Cc1ccc(NC(=O)Nc2ncccn2)cn1. The minimum Gasteiger partial charge on any atom is -0.481 e. The van der Waals surface area contributed by atoms with E-state index in [1.807, 2.05) is 0 Å². The van der Waals surface area contributed by atoms with Crippen LogP contribution >= 0.6 is 0 Å². The van der Waals surface area contributed by atoms with Gasteiger partial charge in [0, 0.05) is 12.4 Å². The first kappa shape index (κ1) is 13.4. The lowest BCUT2D eigenvalue weighted by atomic mass is 10.2. The minimum absolute atomic E-state index is 0.162. The molecule has 0 aliphatic carbocycles. The number of pyridine rings is 1. The molecule has 20 heavy (non-hydrogen) atoms. The Bertz CT molecular complexity index is 600. The Hall–Kier alpha value is -3.03. The number of nitrogens with zero attached hydrogens (tertiary/aromatic N) is 3. The van der Waals surface area contributed by atoms with Gasteiger partial charge in [-0.25, -0.2) is 14.8 Å². The number of rotatable bonds is 4. The number of carboxylic acids is 1. The van der Waals surface area contributed by atoms with Crippen molar-refractivity contribution in [2.75, 3.05) is 10.6 Å². The number of carbonyl (C=O) groups is 2. The normalized spacial score (nSPS) is 9.80. The maximum atomic E-state index is 11.6. The molecule has 0 aliphatic rings. The Morgan fingerprint density at radius 1 is 1.10 bits per heavy atom. The molecule has 0 aliphatic heterocycles. The highest BCUT2D eigenvalue weighted by Crippen LogP contribution is 2.07. The summed E-state index contributed by atoms with van der Waals surface area (Å²) >= 11 is 0. The van der Waals surface area contributed by atoms with Gasteiger partial charge in [0.1, 0.15) is 0 Å². The molecule has 8 heteroatoms. The lowest BCUT2D eigenvalue weighted by Crippen LogP contribution is -2.20. The van der Waals surface area contributed by atoms with Gasteiger partial charge in [-0.05, 0) is 18.2 Å². The lowest BCUT2D eigenvalue weighted by molar-refractivity contribution is -0.136. The van der Waals surface area contributed by atoms with Crippen LogP contribution in [-0.2, 0) is 11.2 Å². The molecular formula is C12H11N5O3. The number of carboxylic acid groups (broad SMARTS) is 1. The Labute approximate surface area is 113 Å². The fourth-order valence-electron chi connectivity index (χ4n) is 1.39. The third-order valence-electron chi connectivity index (χ3n) is 2.21. The quantitative estimate of drug-likeness (QED) is 0.769. The number of aromatic nitrogens is 3. The van der Waals surface area contributed by atoms with Crippen molar-refractivity contribution in [3.8, 4) is 0 Å². The van der Waals surface area contributed by atoms with Crippen molar-refractivity contribution in [1.82, 2.24) is 15.0 Å². The molecule has 2 heterocycles. The Morgan fingerprint density at radius 3 is 2.45 bits per heavy atom. The van der Waals surface area contributed by atoms with Crippen molar-refractivity contribution in [2.45, 2.75) is 6.42 Å². The van der Waals surface area contributed by atoms with Crippen LogP contribution in [0.4, 0.5) is 16.4 Å². The first-order valence-corrected chi connectivity index (χ1v) is 5.65. The van der Waals surface area contributed by atoms with Gasteiger partial charge in [-0.1, -0.05) is 0 Å². The van der Waals surface area contributed by atoms with Crippen LogP contribution in [0, 0.1) is 0 Å². The number of anilines is 2. The topological polar surface area (TPSA) is 117 Å². The van der Waals surface area contributed by atoms with Crippen molar-refractivity contribution >= 4 is 23.6 Å². The highest BCUT2D eigenvalue weighted by molar-refractivity contribution is 5.98. The van der Waals surface area contributed by atoms with E-state index in [2.05, 4.69) is 25.6 Å². The van der Waals surface area contributed by atoms with Crippen molar-refractivity contribution < 1.29 is 14.7 Å². The van der Waals surface area contributed by atoms with Gasteiger partial charge in [-0.3, -0.25) is 15.1 Å². The van der Waals surface area contributed by atoms with Crippen LogP contribution in [0.25, 0.3) is 0 Å². The summed E-state index contributed by atoms with van der Waals surface area (Å²) in [5.74, 6) is -0.780. The number of hydrogen-bond donors (Lipinski definition) is 3. The molecule has 102 valence electrons. The van der Waals surface area contributed by atoms with Crippen molar-refractivity contribution in [3.63, 3.8) is 0 Å². The highest BCUT2D eigenvalue weighted by atomic mass is 16.4. The smallest absolute Gasteiger partial charge is 0.326 e. The van der Waals surface area contributed by atoms with E-state index in [1.54, 1.807) is 12.1 Å². The number of urea groups is 1. The van der Waals surface area contributed by atoms with Gasteiger partial charge >= 0.3 is 12.0 Å². The van der Waals surface area contributed by atoms with Crippen LogP contribution in [0.1, 0.15) is 5.69 Å². The Morgan fingerprint density at radius 2 is 1.85 bits per heavy atom. The molecule has 8 nitrogen and oxygen atoms in total. The molecule has 0 spiro atoms. The number of carbonyl (C=O) groups excluding carboxylic acids is 1. The van der Waals surface area contributed by atoms with E-state index < -0.39 is 12.0 Å².